The van der Waals surface area contributed by atoms with Crippen LogP contribution in [0.4, 0.5) is 11.8 Å². The molecule has 0 radical (unpaired) electrons. The number of piperazine rings is 1. The lowest BCUT2D eigenvalue weighted by molar-refractivity contribution is -0.138. The van der Waals surface area contributed by atoms with Gasteiger partial charge in [0.2, 0.25) is 17.8 Å². The molecule has 3 N–H and O–H groups in total. The van der Waals surface area contributed by atoms with E-state index in [0.717, 1.165) is 22.3 Å². The summed E-state index contributed by atoms with van der Waals surface area (Å²) in [4.78, 5) is 43.9. The Hall–Kier alpha value is -3.50. The van der Waals surface area contributed by atoms with Gasteiger partial charge in [-0.3, -0.25) is 9.59 Å². The van der Waals surface area contributed by atoms with Gasteiger partial charge in [0.05, 0.1) is 23.5 Å². The SMILES string of the molecule is N[C@H]1CCN(CC(=O)N2CCN(c3nccc4nc(NCc5ccccc5Cl)ncc34)CC2)C1=O. The quantitative estimate of drug-likeness (QED) is 0.529. The number of benzene rings is 1. The molecule has 1 atom stereocenters. The minimum atomic E-state index is -0.480. The Labute approximate surface area is 208 Å². The summed E-state index contributed by atoms with van der Waals surface area (Å²) >= 11 is 6.24. The first-order valence-corrected chi connectivity index (χ1v) is 12.0. The molecule has 0 bridgehead atoms. The van der Waals surface area contributed by atoms with E-state index in [1.54, 1.807) is 22.2 Å². The van der Waals surface area contributed by atoms with Crippen LogP contribution in [-0.2, 0) is 16.1 Å². The fourth-order valence-corrected chi connectivity index (χ4v) is 4.65. The summed E-state index contributed by atoms with van der Waals surface area (Å²) in [5, 5.41) is 4.77. The van der Waals surface area contributed by atoms with Crippen LogP contribution in [0.3, 0.4) is 0 Å². The summed E-state index contributed by atoms with van der Waals surface area (Å²) < 4.78 is 0. The van der Waals surface area contributed by atoms with Crippen LogP contribution in [0.5, 0.6) is 0 Å². The molecular weight excluding hydrogens is 468 g/mol. The Balaban J connectivity index is 1.22. The average molecular weight is 495 g/mol. The molecule has 35 heavy (non-hydrogen) atoms. The minimum absolute atomic E-state index is 0.0458. The van der Waals surface area contributed by atoms with E-state index < -0.39 is 6.04 Å². The van der Waals surface area contributed by atoms with Crippen LogP contribution in [0.25, 0.3) is 10.9 Å². The lowest BCUT2D eigenvalue weighted by Gasteiger charge is -2.36. The summed E-state index contributed by atoms with van der Waals surface area (Å²) in [5.74, 6) is 1.13. The van der Waals surface area contributed by atoms with Gasteiger partial charge in [-0.05, 0) is 24.1 Å². The van der Waals surface area contributed by atoms with Gasteiger partial charge < -0.3 is 25.8 Å². The molecule has 3 aromatic rings. The lowest BCUT2D eigenvalue weighted by Crippen LogP contribution is -2.52. The molecule has 1 aromatic carbocycles. The smallest absolute Gasteiger partial charge is 0.242 e. The van der Waals surface area contributed by atoms with E-state index in [1.165, 1.54) is 0 Å². The second-order valence-corrected chi connectivity index (χ2v) is 9.14. The van der Waals surface area contributed by atoms with Crippen molar-refractivity contribution in [1.82, 2.24) is 24.8 Å². The van der Waals surface area contributed by atoms with Crippen molar-refractivity contribution in [2.45, 2.75) is 19.0 Å². The molecule has 0 aliphatic carbocycles. The van der Waals surface area contributed by atoms with Gasteiger partial charge in [0.15, 0.2) is 0 Å². The fraction of sp³-hybridized carbons (Fsp3) is 0.375. The van der Waals surface area contributed by atoms with Gasteiger partial charge in [0.1, 0.15) is 5.82 Å². The van der Waals surface area contributed by atoms with Crippen LogP contribution in [0.1, 0.15) is 12.0 Å². The number of pyridine rings is 1. The number of nitrogens with two attached hydrogens (primary N) is 1. The Bertz CT molecular complexity index is 1250. The first kappa shape index (κ1) is 23.3. The molecule has 11 heteroatoms. The number of nitrogens with zero attached hydrogens (tertiary/aromatic N) is 6. The molecule has 2 fully saturated rings. The first-order valence-electron chi connectivity index (χ1n) is 11.7. The number of aromatic nitrogens is 3. The Morgan fingerprint density at radius 2 is 1.91 bits per heavy atom. The second-order valence-electron chi connectivity index (χ2n) is 8.73. The summed E-state index contributed by atoms with van der Waals surface area (Å²) in [6.07, 6.45) is 4.12. The van der Waals surface area contributed by atoms with Crippen molar-refractivity contribution in [3.63, 3.8) is 0 Å². The van der Waals surface area contributed by atoms with E-state index in [9.17, 15) is 9.59 Å². The zero-order valence-electron chi connectivity index (χ0n) is 19.2. The predicted octanol–water partition coefficient (Wildman–Crippen LogP) is 1.50. The Morgan fingerprint density at radius 3 is 2.66 bits per heavy atom. The Morgan fingerprint density at radius 1 is 1.11 bits per heavy atom. The van der Waals surface area contributed by atoms with Gasteiger partial charge in [-0.1, -0.05) is 29.8 Å². The van der Waals surface area contributed by atoms with Crippen molar-refractivity contribution >= 4 is 46.1 Å². The maximum Gasteiger partial charge on any atom is 0.242 e. The molecule has 2 aliphatic heterocycles. The normalized spacial score (nSPS) is 18.4. The van der Waals surface area contributed by atoms with Crippen LogP contribution >= 0.6 is 11.6 Å². The molecule has 10 nitrogen and oxygen atoms in total. The maximum absolute atomic E-state index is 12.7. The van der Waals surface area contributed by atoms with E-state index >= 15 is 0 Å². The van der Waals surface area contributed by atoms with Gasteiger partial charge in [0, 0.05) is 56.7 Å². The van der Waals surface area contributed by atoms with Crippen LogP contribution in [-0.4, -0.2) is 81.9 Å². The maximum atomic E-state index is 12.7. The lowest BCUT2D eigenvalue weighted by atomic mass is 10.2. The number of hydrogen-bond acceptors (Lipinski definition) is 8. The number of rotatable bonds is 6. The number of carbonyl (C=O) groups excluding carboxylic acids is 2. The Kier molecular flexibility index (Phi) is 6.65. The molecule has 2 aromatic heterocycles. The number of hydrogen-bond donors (Lipinski definition) is 2. The largest absolute Gasteiger partial charge is 0.352 e. The van der Waals surface area contributed by atoms with E-state index in [2.05, 4.69) is 25.2 Å². The van der Waals surface area contributed by atoms with Gasteiger partial charge in [-0.25, -0.2) is 15.0 Å². The monoisotopic (exact) mass is 494 g/mol. The summed E-state index contributed by atoms with van der Waals surface area (Å²) in [5.41, 5.74) is 7.52. The second kappa shape index (κ2) is 10.0. The zero-order chi connectivity index (χ0) is 24.4. The summed E-state index contributed by atoms with van der Waals surface area (Å²) in [6.45, 7) is 3.55. The third kappa shape index (κ3) is 4.98. The zero-order valence-corrected chi connectivity index (χ0v) is 20.0. The number of amides is 2. The number of fused-ring (bicyclic) bond motifs is 1. The van der Waals surface area contributed by atoms with Crippen LogP contribution < -0.4 is 16.0 Å². The van der Waals surface area contributed by atoms with E-state index in [0.29, 0.717) is 56.7 Å². The summed E-state index contributed by atoms with van der Waals surface area (Å²) in [7, 11) is 0. The van der Waals surface area contributed by atoms with Gasteiger partial charge >= 0.3 is 0 Å². The average Bonchev–Trinajstić information content (AvgIpc) is 3.20. The van der Waals surface area contributed by atoms with Crippen molar-refractivity contribution < 1.29 is 9.59 Å². The molecular formula is C24H27ClN8O2. The van der Waals surface area contributed by atoms with E-state index in [4.69, 9.17) is 17.3 Å². The third-order valence-corrected chi connectivity index (χ3v) is 6.85. The molecule has 0 saturated carbocycles. The van der Waals surface area contributed by atoms with Crippen molar-refractivity contribution in [3.05, 3.63) is 53.3 Å². The highest BCUT2D eigenvalue weighted by molar-refractivity contribution is 6.31. The molecule has 0 spiro atoms. The molecule has 2 saturated heterocycles. The number of nitrogens with one attached hydrogen (secondary N) is 1. The fourth-order valence-electron chi connectivity index (χ4n) is 4.45. The van der Waals surface area contributed by atoms with Crippen molar-refractivity contribution in [2.75, 3.05) is 49.5 Å². The highest BCUT2D eigenvalue weighted by atomic mass is 35.5. The highest BCUT2D eigenvalue weighted by Crippen LogP contribution is 2.25. The number of halogens is 1. The molecule has 2 aliphatic rings. The van der Waals surface area contributed by atoms with Crippen LogP contribution in [0, 0.1) is 0 Å². The topological polar surface area (TPSA) is 121 Å². The van der Waals surface area contributed by atoms with Crippen molar-refractivity contribution in [3.8, 4) is 0 Å². The van der Waals surface area contributed by atoms with Crippen molar-refractivity contribution in [1.29, 1.82) is 0 Å². The number of likely N-dealkylation sites (tertiary alicyclic amines) is 1. The van der Waals surface area contributed by atoms with Gasteiger partial charge in [-0.2, -0.15) is 0 Å². The summed E-state index contributed by atoms with van der Waals surface area (Å²) in [6, 6.07) is 9.03. The van der Waals surface area contributed by atoms with E-state index in [1.807, 2.05) is 30.3 Å². The van der Waals surface area contributed by atoms with Gasteiger partial charge in [-0.15, -0.1) is 0 Å². The molecule has 2 amide bonds. The molecule has 5 rings (SSSR count). The number of anilines is 2. The molecule has 4 heterocycles. The molecule has 182 valence electrons. The number of carbonyl (C=O) groups is 2. The van der Waals surface area contributed by atoms with Crippen molar-refractivity contribution in [2.24, 2.45) is 5.73 Å². The highest BCUT2D eigenvalue weighted by Gasteiger charge is 2.32. The standard InChI is InChI=1S/C24H27ClN8O2/c25-18-4-2-1-3-16(18)13-28-24-29-14-17-20(30-24)5-7-27-22(17)32-11-9-31(10-12-32)21(34)15-33-8-6-19(26)23(33)35/h1-5,7,14,19H,6,8-13,15,26H2,(H,28,29,30)/t19-/m0/s1. The minimum Gasteiger partial charge on any atom is -0.352 e. The first-order chi connectivity index (χ1) is 17.0. The van der Waals surface area contributed by atoms with E-state index in [-0.39, 0.29) is 18.4 Å². The molecule has 0 unspecified atom stereocenters. The third-order valence-electron chi connectivity index (χ3n) is 6.48. The van der Waals surface area contributed by atoms with Crippen LogP contribution in [0.15, 0.2) is 42.7 Å². The van der Waals surface area contributed by atoms with Gasteiger partial charge in [0.25, 0.3) is 0 Å². The predicted molar refractivity (Wildman–Crippen MR) is 134 cm³/mol. The van der Waals surface area contributed by atoms with Crippen LogP contribution in [0.2, 0.25) is 5.02 Å².